The van der Waals surface area contributed by atoms with Crippen molar-refractivity contribution in [3.05, 3.63) is 12.1 Å². The van der Waals surface area contributed by atoms with Crippen molar-refractivity contribution in [2.24, 2.45) is 5.92 Å². The number of hydrogen-bond acceptors (Lipinski definition) is 4. The van der Waals surface area contributed by atoms with Crippen LogP contribution in [0.3, 0.4) is 0 Å². The zero-order valence-electron chi connectivity index (χ0n) is 12.2. The molecule has 2 heterocycles. The molecule has 2 N–H and O–H groups in total. The summed E-state index contributed by atoms with van der Waals surface area (Å²) in [5.41, 5.74) is 6.54. The molecule has 0 aromatic carbocycles. The summed E-state index contributed by atoms with van der Waals surface area (Å²) < 4.78 is 5.62. The Balaban J connectivity index is 2.19. The van der Waals surface area contributed by atoms with Gasteiger partial charge >= 0.3 is 0 Å². The molecule has 4 nitrogen and oxygen atoms in total. The fourth-order valence-electron chi connectivity index (χ4n) is 2.52. The van der Waals surface area contributed by atoms with Crippen molar-refractivity contribution in [1.82, 2.24) is 4.98 Å². The second-order valence-electron chi connectivity index (χ2n) is 5.60. The number of anilines is 2. The highest BCUT2D eigenvalue weighted by Crippen LogP contribution is 2.29. The number of nitrogen functional groups attached to an aromatic ring is 1. The predicted molar refractivity (Wildman–Crippen MR) is 79.6 cm³/mol. The van der Waals surface area contributed by atoms with Crippen LogP contribution in [0.4, 0.5) is 11.5 Å². The number of ether oxygens (including phenoxy) is 1. The minimum Gasteiger partial charge on any atom is -0.476 e. The van der Waals surface area contributed by atoms with Crippen molar-refractivity contribution in [2.45, 2.75) is 46.1 Å². The summed E-state index contributed by atoms with van der Waals surface area (Å²) in [6.45, 7) is 8.35. The minimum absolute atomic E-state index is 0.534. The standard InChI is InChI=1S/C15H25N3O/c1-4-9-19-15-13(16)7-8-14(17-15)18-10-11(2)5-6-12(18)3/h7-8,11-12H,4-6,9-10,16H2,1-3H3. The Morgan fingerprint density at radius 3 is 2.89 bits per heavy atom. The van der Waals surface area contributed by atoms with Gasteiger partial charge in [0, 0.05) is 12.6 Å². The molecule has 19 heavy (non-hydrogen) atoms. The van der Waals surface area contributed by atoms with Gasteiger partial charge in [-0.05, 0) is 44.2 Å². The molecule has 1 aromatic rings. The first-order valence-corrected chi connectivity index (χ1v) is 7.27. The van der Waals surface area contributed by atoms with Crippen molar-refractivity contribution in [2.75, 3.05) is 23.8 Å². The molecule has 1 aliphatic rings. The van der Waals surface area contributed by atoms with Gasteiger partial charge in [0.25, 0.3) is 0 Å². The smallest absolute Gasteiger partial charge is 0.239 e. The highest BCUT2D eigenvalue weighted by molar-refractivity contribution is 5.55. The first-order valence-electron chi connectivity index (χ1n) is 7.27. The Morgan fingerprint density at radius 2 is 2.16 bits per heavy atom. The fraction of sp³-hybridized carbons (Fsp3) is 0.667. The second-order valence-corrected chi connectivity index (χ2v) is 5.60. The van der Waals surface area contributed by atoms with E-state index in [4.69, 9.17) is 10.5 Å². The van der Waals surface area contributed by atoms with Crippen LogP contribution in [0.1, 0.15) is 40.0 Å². The molecule has 0 bridgehead atoms. The number of pyridine rings is 1. The van der Waals surface area contributed by atoms with E-state index in [1.54, 1.807) is 0 Å². The molecule has 2 rings (SSSR count). The minimum atomic E-state index is 0.534. The Morgan fingerprint density at radius 1 is 1.37 bits per heavy atom. The van der Waals surface area contributed by atoms with E-state index in [0.717, 1.165) is 24.7 Å². The normalized spacial score (nSPS) is 23.4. The molecule has 0 radical (unpaired) electrons. The molecule has 2 unspecified atom stereocenters. The van der Waals surface area contributed by atoms with E-state index >= 15 is 0 Å². The topological polar surface area (TPSA) is 51.4 Å². The number of piperidine rings is 1. The van der Waals surface area contributed by atoms with Crippen molar-refractivity contribution >= 4 is 11.5 Å². The highest BCUT2D eigenvalue weighted by atomic mass is 16.5. The van der Waals surface area contributed by atoms with Crippen LogP contribution >= 0.6 is 0 Å². The number of aromatic nitrogens is 1. The lowest BCUT2D eigenvalue weighted by Gasteiger charge is -2.37. The van der Waals surface area contributed by atoms with E-state index in [0.29, 0.717) is 24.2 Å². The Kier molecular flexibility index (Phi) is 4.51. The molecule has 0 amide bonds. The summed E-state index contributed by atoms with van der Waals surface area (Å²) in [7, 11) is 0. The van der Waals surface area contributed by atoms with Crippen LogP contribution < -0.4 is 15.4 Å². The van der Waals surface area contributed by atoms with Crippen LogP contribution in [0.15, 0.2) is 12.1 Å². The molecule has 4 heteroatoms. The van der Waals surface area contributed by atoms with E-state index in [9.17, 15) is 0 Å². The van der Waals surface area contributed by atoms with Crippen LogP contribution in [-0.2, 0) is 0 Å². The molecular weight excluding hydrogens is 238 g/mol. The summed E-state index contributed by atoms with van der Waals surface area (Å²) in [6.07, 6.45) is 3.48. The number of hydrogen-bond donors (Lipinski definition) is 1. The zero-order chi connectivity index (χ0) is 13.8. The molecular formula is C15H25N3O. The first kappa shape index (κ1) is 14.0. The van der Waals surface area contributed by atoms with Crippen molar-refractivity contribution in [1.29, 1.82) is 0 Å². The third-order valence-corrected chi connectivity index (χ3v) is 3.73. The van der Waals surface area contributed by atoms with Gasteiger partial charge in [0.05, 0.1) is 12.3 Å². The number of rotatable bonds is 4. The maximum absolute atomic E-state index is 5.92. The lowest BCUT2D eigenvalue weighted by Crippen LogP contribution is -2.41. The molecule has 106 valence electrons. The lowest BCUT2D eigenvalue weighted by molar-refractivity contribution is 0.306. The number of nitrogens with two attached hydrogens (primary N) is 1. The lowest BCUT2D eigenvalue weighted by atomic mass is 9.95. The average molecular weight is 263 g/mol. The van der Waals surface area contributed by atoms with Crippen molar-refractivity contribution in [3.63, 3.8) is 0 Å². The largest absolute Gasteiger partial charge is 0.476 e. The molecule has 2 atom stereocenters. The maximum atomic E-state index is 5.92. The summed E-state index contributed by atoms with van der Waals surface area (Å²) in [4.78, 5) is 6.96. The average Bonchev–Trinajstić information content (AvgIpc) is 2.41. The molecule has 0 spiro atoms. The van der Waals surface area contributed by atoms with Gasteiger partial charge < -0.3 is 15.4 Å². The van der Waals surface area contributed by atoms with Gasteiger partial charge in [0.15, 0.2) is 0 Å². The SMILES string of the molecule is CCCOc1nc(N2CC(C)CCC2C)ccc1N. The van der Waals surface area contributed by atoms with Crippen LogP contribution in [0, 0.1) is 5.92 Å². The summed E-state index contributed by atoms with van der Waals surface area (Å²) in [6, 6.07) is 4.44. The number of nitrogens with zero attached hydrogens (tertiary/aromatic N) is 2. The van der Waals surface area contributed by atoms with E-state index in [1.165, 1.54) is 12.8 Å². The van der Waals surface area contributed by atoms with Crippen molar-refractivity contribution in [3.8, 4) is 5.88 Å². The summed E-state index contributed by atoms with van der Waals surface area (Å²) >= 11 is 0. The third kappa shape index (κ3) is 3.31. The van der Waals surface area contributed by atoms with Gasteiger partial charge in [-0.2, -0.15) is 4.98 Å². The van der Waals surface area contributed by atoms with Gasteiger partial charge in [0.2, 0.25) is 5.88 Å². The van der Waals surface area contributed by atoms with E-state index in [-0.39, 0.29) is 0 Å². The van der Waals surface area contributed by atoms with Crippen LogP contribution in [0.5, 0.6) is 5.88 Å². The Labute approximate surface area is 116 Å². The molecule has 1 fully saturated rings. The van der Waals surface area contributed by atoms with Gasteiger partial charge in [-0.15, -0.1) is 0 Å². The molecule has 1 saturated heterocycles. The maximum Gasteiger partial charge on any atom is 0.239 e. The van der Waals surface area contributed by atoms with E-state index in [2.05, 4.69) is 30.7 Å². The second kappa shape index (κ2) is 6.13. The molecule has 1 aromatic heterocycles. The van der Waals surface area contributed by atoms with Gasteiger partial charge in [0.1, 0.15) is 5.82 Å². The molecule has 1 aliphatic heterocycles. The highest BCUT2D eigenvalue weighted by Gasteiger charge is 2.24. The summed E-state index contributed by atoms with van der Waals surface area (Å²) in [5, 5.41) is 0. The van der Waals surface area contributed by atoms with Gasteiger partial charge in [-0.3, -0.25) is 0 Å². The van der Waals surface area contributed by atoms with Crippen LogP contribution in [0.25, 0.3) is 0 Å². The first-order chi connectivity index (χ1) is 9.11. The Hall–Kier alpha value is -1.45. The predicted octanol–water partition coefficient (Wildman–Crippen LogP) is 3.08. The van der Waals surface area contributed by atoms with Crippen LogP contribution in [-0.4, -0.2) is 24.2 Å². The quantitative estimate of drug-likeness (QED) is 0.907. The monoisotopic (exact) mass is 263 g/mol. The van der Waals surface area contributed by atoms with Crippen LogP contribution in [0.2, 0.25) is 0 Å². The van der Waals surface area contributed by atoms with Gasteiger partial charge in [-0.1, -0.05) is 13.8 Å². The van der Waals surface area contributed by atoms with Gasteiger partial charge in [-0.25, -0.2) is 0 Å². The van der Waals surface area contributed by atoms with E-state index in [1.807, 2.05) is 12.1 Å². The Bertz CT molecular complexity index is 422. The fourth-order valence-corrected chi connectivity index (χ4v) is 2.52. The van der Waals surface area contributed by atoms with E-state index < -0.39 is 0 Å². The third-order valence-electron chi connectivity index (χ3n) is 3.73. The van der Waals surface area contributed by atoms with Crippen molar-refractivity contribution < 1.29 is 4.74 Å². The summed E-state index contributed by atoms with van der Waals surface area (Å²) in [5.74, 6) is 2.28. The molecule has 0 aliphatic carbocycles. The molecule has 0 saturated carbocycles. The zero-order valence-corrected chi connectivity index (χ0v) is 12.2.